The highest BCUT2D eigenvalue weighted by Gasteiger charge is 2.13. The molecule has 5 nitrogen and oxygen atoms in total. The summed E-state index contributed by atoms with van der Waals surface area (Å²) in [5.41, 5.74) is 3.59. The summed E-state index contributed by atoms with van der Waals surface area (Å²) in [5, 5.41) is 11.8. The number of carbonyl (C=O) groups excluding carboxylic acids is 1. The second-order valence-electron chi connectivity index (χ2n) is 5.48. The number of rotatable bonds is 5. The number of hydrogen-bond donors (Lipinski definition) is 1. The van der Waals surface area contributed by atoms with Crippen LogP contribution in [-0.2, 0) is 4.79 Å². The van der Waals surface area contributed by atoms with Crippen molar-refractivity contribution in [2.45, 2.75) is 19.1 Å². The summed E-state index contributed by atoms with van der Waals surface area (Å²) in [6.07, 6.45) is 0. The van der Waals surface area contributed by atoms with Gasteiger partial charge in [0.2, 0.25) is 11.8 Å². The summed E-state index contributed by atoms with van der Waals surface area (Å²) in [4.78, 5) is 12.1. The van der Waals surface area contributed by atoms with Gasteiger partial charge in [0.1, 0.15) is 0 Å². The van der Waals surface area contributed by atoms with E-state index >= 15 is 0 Å². The minimum atomic E-state index is -0.161. The topological polar surface area (TPSA) is 68.0 Å². The molecule has 3 aromatic rings. The molecule has 1 heterocycles. The minimum Gasteiger partial charge on any atom is -0.411 e. The van der Waals surface area contributed by atoms with Gasteiger partial charge in [-0.25, -0.2) is 0 Å². The number of benzene rings is 2. The number of thioether (sulfide) groups is 1. The summed E-state index contributed by atoms with van der Waals surface area (Å²) in [5.74, 6) is 0.458. The van der Waals surface area contributed by atoms with Crippen molar-refractivity contribution in [1.82, 2.24) is 10.2 Å². The Hall–Kier alpha value is -2.31. The average Bonchev–Trinajstić information content (AvgIpc) is 3.05. The maximum absolute atomic E-state index is 12.1. The lowest BCUT2D eigenvalue weighted by atomic mass is 10.1. The number of nitrogens with zero attached hydrogens (tertiary/aromatic N) is 2. The van der Waals surface area contributed by atoms with Crippen molar-refractivity contribution in [3.05, 3.63) is 58.6 Å². The molecular formula is C18H16ClN3O2S. The zero-order chi connectivity index (χ0) is 17.8. The fraction of sp³-hybridized carbons (Fsp3) is 0.167. The van der Waals surface area contributed by atoms with Gasteiger partial charge in [0.15, 0.2) is 0 Å². The van der Waals surface area contributed by atoms with Crippen molar-refractivity contribution in [2.75, 3.05) is 11.1 Å². The van der Waals surface area contributed by atoms with E-state index in [-0.39, 0.29) is 11.7 Å². The molecule has 25 heavy (non-hydrogen) atoms. The zero-order valence-corrected chi connectivity index (χ0v) is 15.3. The van der Waals surface area contributed by atoms with Gasteiger partial charge in [0.25, 0.3) is 5.22 Å². The van der Waals surface area contributed by atoms with Gasteiger partial charge >= 0.3 is 0 Å². The van der Waals surface area contributed by atoms with Crippen LogP contribution in [0.15, 0.2) is 52.1 Å². The zero-order valence-electron chi connectivity index (χ0n) is 13.7. The van der Waals surface area contributed by atoms with Crippen LogP contribution in [0.5, 0.6) is 0 Å². The number of amides is 1. The van der Waals surface area contributed by atoms with Crippen LogP contribution in [0.1, 0.15) is 11.1 Å². The first-order valence-electron chi connectivity index (χ1n) is 7.61. The van der Waals surface area contributed by atoms with Crippen LogP contribution in [0.2, 0.25) is 5.02 Å². The largest absolute Gasteiger partial charge is 0.411 e. The van der Waals surface area contributed by atoms with Crippen LogP contribution >= 0.6 is 23.4 Å². The molecule has 7 heteroatoms. The van der Waals surface area contributed by atoms with Crippen molar-refractivity contribution in [1.29, 1.82) is 0 Å². The first kappa shape index (κ1) is 17.5. The lowest BCUT2D eigenvalue weighted by molar-refractivity contribution is -0.113. The molecule has 128 valence electrons. The fourth-order valence-electron chi connectivity index (χ4n) is 2.23. The van der Waals surface area contributed by atoms with Crippen LogP contribution in [0.25, 0.3) is 11.5 Å². The third-order valence-electron chi connectivity index (χ3n) is 3.58. The molecule has 1 amide bonds. The van der Waals surface area contributed by atoms with Gasteiger partial charge in [-0.1, -0.05) is 47.6 Å². The normalized spacial score (nSPS) is 10.7. The molecule has 0 radical (unpaired) electrons. The maximum atomic E-state index is 12.1. The van der Waals surface area contributed by atoms with Gasteiger partial charge in [-0.05, 0) is 43.2 Å². The Morgan fingerprint density at radius 3 is 2.76 bits per heavy atom. The van der Waals surface area contributed by atoms with Crippen LogP contribution in [0.4, 0.5) is 5.69 Å². The number of aryl methyl sites for hydroxylation is 2. The third-order valence-corrected chi connectivity index (χ3v) is 4.64. The van der Waals surface area contributed by atoms with Gasteiger partial charge in [-0.2, -0.15) is 0 Å². The van der Waals surface area contributed by atoms with E-state index in [0.29, 0.717) is 21.8 Å². The molecule has 0 unspecified atom stereocenters. The number of nitrogens with one attached hydrogen (secondary N) is 1. The van der Waals surface area contributed by atoms with Crippen molar-refractivity contribution in [3.63, 3.8) is 0 Å². The number of carbonyl (C=O) groups is 1. The molecule has 2 aromatic carbocycles. The van der Waals surface area contributed by atoms with Crippen molar-refractivity contribution < 1.29 is 9.21 Å². The van der Waals surface area contributed by atoms with Crippen LogP contribution in [0, 0.1) is 13.8 Å². The van der Waals surface area contributed by atoms with E-state index in [0.717, 1.165) is 16.7 Å². The Kier molecular flexibility index (Phi) is 5.40. The van der Waals surface area contributed by atoms with E-state index in [1.165, 1.54) is 11.8 Å². The first-order valence-corrected chi connectivity index (χ1v) is 8.97. The summed E-state index contributed by atoms with van der Waals surface area (Å²) < 4.78 is 5.63. The molecular weight excluding hydrogens is 358 g/mol. The Morgan fingerprint density at radius 1 is 1.16 bits per heavy atom. The van der Waals surface area contributed by atoms with Crippen molar-refractivity contribution in [2.24, 2.45) is 0 Å². The number of hydrogen-bond acceptors (Lipinski definition) is 5. The van der Waals surface area contributed by atoms with Gasteiger partial charge in [-0.3, -0.25) is 4.79 Å². The molecule has 1 N–H and O–H groups in total. The van der Waals surface area contributed by atoms with Gasteiger partial charge in [0.05, 0.1) is 5.75 Å². The highest BCUT2D eigenvalue weighted by atomic mass is 35.5. The third kappa shape index (κ3) is 4.41. The Labute approximate surface area is 154 Å². The van der Waals surface area contributed by atoms with Crippen molar-refractivity contribution in [3.8, 4) is 11.5 Å². The summed E-state index contributed by atoms with van der Waals surface area (Å²) in [6, 6.07) is 13.1. The lowest BCUT2D eigenvalue weighted by Gasteiger charge is -2.07. The molecule has 0 aliphatic carbocycles. The van der Waals surface area contributed by atoms with E-state index in [2.05, 4.69) is 15.5 Å². The fourth-order valence-corrected chi connectivity index (χ4v) is 2.97. The molecule has 0 aliphatic heterocycles. The van der Waals surface area contributed by atoms with Gasteiger partial charge in [-0.15, -0.1) is 10.2 Å². The Morgan fingerprint density at radius 2 is 1.96 bits per heavy atom. The van der Waals surface area contributed by atoms with Gasteiger partial charge < -0.3 is 9.73 Å². The molecule has 3 rings (SSSR count). The molecule has 1 aromatic heterocycles. The predicted octanol–water partition coefficient (Wildman–Crippen LogP) is 4.74. The maximum Gasteiger partial charge on any atom is 0.277 e. The Bertz CT molecular complexity index is 911. The van der Waals surface area contributed by atoms with Crippen molar-refractivity contribution >= 4 is 35.0 Å². The Balaban J connectivity index is 1.61. The second-order valence-corrected chi connectivity index (χ2v) is 6.85. The van der Waals surface area contributed by atoms with Crippen LogP contribution in [0.3, 0.4) is 0 Å². The van der Waals surface area contributed by atoms with E-state index in [1.807, 2.05) is 44.2 Å². The number of aromatic nitrogens is 2. The highest BCUT2D eigenvalue weighted by Crippen LogP contribution is 2.26. The number of halogens is 1. The van der Waals surface area contributed by atoms with E-state index in [4.69, 9.17) is 16.0 Å². The predicted molar refractivity (Wildman–Crippen MR) is 100 cm³/mol. The SMILES string of the molecule is Cc1ccc(Cl)cc1NC(=O)CSc1nnc(-c2ccccc2C)o1. The summed E-state index contributed by atoms with van der Waals surface area (Å²) in [6.45, 7) is 3.89. The highest BCUT2D eigenvalue weighted by molar-refractivity contribution is 7.99. The molecule has 0 fully saturated rings. The standard InChI is InChI=1S/C18H16ClN3O2S/c1-11-5-3-4-6-14(11)17-21-22-18(24-17)25-10-16(23)20-15-9-13(19)8-7-12(15)2/h3-9H,10H2,1-2H3,(H,20,23). The van der Waals surface area contributed by atoms with E-state index in [9.17, 15) is 4.79 Å². The molecule has 0 saturated carbocycles. The smallest absolute Gasteiger partial charge is 0.277 e. The van der Waals surface area contributed by atoms with E-state index < -0.39 is 0 Å². The monoisotopic (exact) mass is 373 g/mol. The molecule has 0 aliphatic rings. The molecule has 0 spiro atoms. The lowest BCUT2D eigenvalue weighted by Crippen LogP contribution is -2.14. The second kappa shape index (κ2) is 7.72. The number of anilines is 1. The quantitative estimate of drug-likeness (QED) is 0.654. The minimum absolute atomic E-state index is 0.161. The molecule has 0 saturated heterocycles. The van der Waals surface area contributed by atoms with E-state index in [1.54, 1.807) is 12.1 Å². The van der Waals surface area contributed by atoms with Crippen LogP contribution in [-0.4, -0.2) is 21.9 Å². The first-order chi connectivity index (χ1) is 12.0. The summed E-state index contributed by atoms with van der Waals surface area (Å²) >= 11 is 7.15. The average molecular weight is 374 g/mol. The van der Waals surface area contributed by atoms with Crippen LogP contribution < -0.4 is 5.32 Å². The molecule has 0 bridgehead atoms. The summed E-state index contributed by atoms with van der Waals surface area (Å²) in [7, 11) is 0. The van der Waals surface area contributed by atoms with Gasteiger partial charge in [0, 0.05) is 16.3 Å². The molecule has 0 atom stereocenters.